The highest BCUT2D eigenvalue weighted by Crippen LogP contribution is 2.24. The van der Waals surface area contributed by atoms with Crippen LogP contribution < -0.4 is 10.6 Å². The third-order valence-corrected chi connectivity index (χ3v) is 4.71. The lowest BCUT2D eigenvalue weighted by molar-refractivity contribution is 0.252. The van der Waals surface area contributed by atoms with Crippen LogP contribution in [0.2, 0.25) is 0 Å². The van der Waals surface area contributed by atoms with Crippen LogP contribution in [0.3, 0.4) is 0 Å². The number of aryl methyl sites for hydroxylation is 1. The molecule has 0 saturated heterocycles. The van der Waals surface area contributed by atoms with Gasteiger partial charge in [0, 0.05) is 27.4 Å². The van der Waals surface area contributed by atoms with Crippen LogP contribution in [0.4, 0.5) is 10.5 Å². The predicted octanol–water partition coefficient (Wildman–Crippen LogP) is 4.19. The maximum atomic E-state index is 12.1. The third-order valence-electron chi connectivity index (χ3n) is 3.64. The molecule has 0 atom stereocenters. The van der Waals surface area contributed by atoms with E-state index in [-0.39, 0.29) is 6.03 Å². The summed E-state index contributed by atoms with van der Waals surface area (Å²) < 4.78 is 5.41. The van der Waals surface area contributed by atoms with Crippen molar-refractivity contribution in [2.45, 2.75) is 20.0 Å². The minimum absolute atomic E-state index is 0.210. The number of amides is 2. The summed E-state index contributed by atoms with van der Waals surface area (Å²) in [6.07, 6.45) is 1.72. The number of anilines is 1. The van der Waals surface area contributed by atoms with Gasteiger partial charge in [0.05, 0.1) is 12.8 Å². The predicted molar refractivity (Wildman–Crippen MR) is 98.5 cm³/mol. The molecule has 0 aliphatic carbocycles. The Balaban J connectivity index is 1.56. The van der Waals surface area contributed by atoms with Gasteiger partial charge in [-0.1, -0.05) is 0 Å². The Kier molecular flexibility index (Phi) is 4.87. The van der Waals surface area contributed by atoms with Crippen molar-refractivity contribution in [3.8, 4) is 0 Å². The molecule has 6 heteroatoms. The number of hydrogen-bond donors (Lipinski definition) is 2. The second-order valence-corrected chi connectivity index (χ2v) is 7.30. The normalized spacial score (nSPS) is 11.2. The van der Waals surface area contributed by atoms with Crippen molar-refractivity contribution in [3.63, 3.8) is 0 Å². The van der Waals surface area contributed by atoms with Crippen LogP contribution in [-0.4, -0.2) is 25.0 Å². The topological polar surface area (TPSA) is 57.5 Å². The molecule has 0 saturated carbocycles. The van der Waals surface area contributed by atoms with Crippen LogP contribution in [0, 0.1) is 6.92 Å². The van der Waals surface area contributed by atoms with Gasteiger partial charge in [-0.05, 0) is 56.9 Å². The maximum Gasteiger partial charge on any atom is 0.319 e. The van der Waals surface area contributed by atoms with Crippen molar-refractivity contribution < 1.29 is 9.21 Å². The molecule has 0 radical (unpaired) electrons. The third kappa shape index (κ3) is 3.96. The number of nitrogens with one attached hydrogen (secondary N) is 2. The number of rotatable bonds is 5. The Morgan fingerprint density at radius 1 is 1.21 bits per heavy atom. The monoisotopic (exact) mass is 343 g/mol. The molecule has 126 valence electrons. The lowest BCUT2D eigenvalue weighted by Gasteiger charge is -2.07. The van der Waals surface area contributed by atoms with Crippen molar-refractivity contribution in [3.05, 3.63) is 51.9 Å². The molecule has 1 aromatic carbocycles. The van der Waals surface area contributed by atoms with Gasteiger partial charge in [-0.15, -0.1) is 11.3 Å². The zero-order valence-electron chi connectivity index (χ0n) is 14.1. The zero-order chi connectivity index (χ0) is 17.1. The Morgan fingerprint density at radius 2 is 2.00 bits per heavy atom. The van der Waals surface area contributed by atoms with Crippen molar-refractivity contribution >= 4 is 34.0 Å². The van der Waals surface area contributed by atoms with E-state index >= 15 is 0 Å². The average Bonchev–Trinajstić information content (AvgIpc) is 3.12. The first-order valence-electron chi connectivity index (χ1n) is 7.76. The number of fused-ring (bicyclic) bond motifs is 1. The summed E-state index contributed by atoms with van der Waals surface area (Å²) in [6.45, 7) is 3.43. The highest BCUT2D eigenvalue weighted by atomic mass is 32.1. The van der Waals surface area contributed by atoms with E-state index in [0.717, 1.165) is 33.6 Å². The number of urea groups is 1. The molecule has 3 rings (SSSR count). The van der Waals surface area contributed by atoms with Gasteiger partial charge in [-0.25, -0.2) is 4.79 Å². The summed E-state index contributed by atoms with van der Waals surface area (Å²) in [6, 6.07) is 9.59. The zero-order valence-corrected chi connectivity index (χ0v) is 14.9. The molecule has 0 unspecified atom stereocenters. The molecule has 3 aromatic rings. The van der Waals surface area contributed by atoms with Gasteiger partial charge in [-0.2, -0.15) is 0 Å². The molecule has 2 amide bonds. The van der Waals surface area contributed by atoms with E-state index in [4.69, 9.17) is 4.42 Å². The number of thiophene rings is 1. The first-order chi connectivity index (χ1) is 11.5. The van der Waals surface area contributed by atoms with Crippen molar-refractivity contribution in [2.75, 3.05) is 19.4 Å². The first-order valence-corrected chi connectivity index (χ1v) is 8.58. The van der Waals surface area contributed by atoms with Crippen molar-refractivity contribution in [1.29, 1.82) is 0 Å². The number of hydrogen-bond acceptors (Lipinski definition) is 4. The van der Waals surface area contributed by atoms with Gasteiger partial charge in [0.15, 0.2) is 0 Å². The summed E-state index contributed by atoms with van der Waals surface area (Å²) in [5.74, 6) is 0. The number of nitrogens with zero attached hydrogens (tertiary/aromatic N) is 1. The smallest absolute Gasteiger partial charge is 0.319 e. The Labute approximate surface area is 145 Å². The number of carbonyl (C=O) groups is 1. The van der Waals surface area contributed by atoms with Gasteiger partial charge in [0.2, 0.25) is 0 Å². The highest BCUT2D eigenvalue weighted by Gasteiger charge is 2.07. The fourth-order valence-electron chi connectivity index (χ4n) is 2.49. The van der Waals surface area contributed by atoms with Crippen LogP contribution in [-0.2, 0) is 13.1 Å². The molecule has 2 heterocycles. The lowest BCUT2D eigenvalue weighted by Crippen LogP contribution is -2.27. The fraction of sp³-hybridized carbons (Fsp3) is 0.278. The number of furan rings is 1. The standard InChI is InChI=1S/C18H21N3O2S/c1-12-11-23-17-7-4-13(8-16(12)17)20-18(22)19-9-14-5-6-15(24-14)10-21(2)3/h4-8,11H,9-10H2,1-3H3,(H2,19,20,22). The summed E-state index contributed by atoms with van der Waals surface area (Å²) >= 11 is 1.72. The van der Waals surface area contributed by atoms with Crippen LogP contribution in [0.25, 0.3) is 11.0 Å². The van der Waals surface area contributed by atoms with E-state index in [2.05, 4.69) is 27.7 Å². The molecule has 0 aliphatic heterocycles. The molecule has 2 N–H and O–H groups in total. The minimum atomic E-state index is -0.210. The van der Waals surface area contributed by atoms with Gasteiger partial charge < -0.3 is 20.0 Å². The van der Waals surface area contributed by atoms with Gasteiger partial charge >= 0.3 is 6.03 Å². The number of carbonyl (C=O) groups excluding carboxylic acids is 1. The van der Waals surface area contributed by atoms with Crippen LogP contribution in [0.1, 0.15) is 15.3 Å². The summed E-state index contributed by atoms with van der Waals surface area (Å²) in [4.78, 5) is 16.6. The second kappa shape index (κ2) is 7.07. The van der Waals surface area contributed by atoms with Gasteiger partial charge in [0.1, 0.15) is 5.58 Å². The fourth-order valence-corrected chi connectivity index (χ4v) is 3.57. The van der Waals surface area contributed by atoms with Crippen LogP contribution in [0.15, 0.2) is 41.0 Å². The van der Waals surface area contributed by atoms with E-state index in [1.54, 1.807) is 17.6 Å². The van der Waals surface area contributed by atoms with E-state index in [9.17, 15) is 4.79 Å². The van der Waals surface area contributed by atoms with E-state index in [1.165, 1.54) is 4.88 Å². The van der Waals surface area contributed by atoms with E-state index < -0.39 is 0 Å². The van der Waals surface area contributed by atoms with E-state index in [1.807, 2.05) is 39.2 Å². The number of benzene rings is 1. The minimum Gasteiger partial charge on any atom is -0.464 e. The van der Waals surface area contributed by atoms with Crippen LogP contribution >= 0.6 is 11.3 Å². The molecular weight excluding hydrogens is 322 g/mol. The summed E-state index contributed by atoms with van der Waals surface area (Å²) in [7, 11) is 4.09. The molecule has 5 nitrogen and oxygen atoms in total. The Bertz CT molecular complexity index is 851. The molecule has 24 heavy (non-hydrogen) atoms. The molecule has 0 fully saturated rings. The molecule has 0 spiro atoms. The van der Waals surface area contributed by atoms with Gasteiger partial charge in [-0.3, -0.25) is 0 Å². The SMILES string of the molecule is Cc1coc2ccc(NC(=O)NCc3ccc(CN(C)C)s3)cc12. The second-order valence-electron chi connectivity index (χ2n) is 6.04. The molecular formula is C18H21N3O2S. The van der Waals surface area contributed by atoms with Crippen molar-refractivity contribution in [1.82, 2.24) is 10.2 Å². The summed E-state index contributed by atoms with van der Waals surface area (Å²) in [5.41, 5.74) is 2.63. The Hall–Kier alpha value is -2.31. The van der Waals surface area contributed by atoms with Crippen LogP contribution in [0.5, 0.6) is 0 Å². The summed E-state index contributed by atoms with van der Waals surface area (Å²) in [5, 5.41) is 6.77. The largest absolute Gasteiger partial charge is 0.464 e. The van der Waals surface area contributed by atoms with Gasteiger partial charge in [0.25, 0.3) is 0 Å². The molecule has 2 aromatic heterocycles. The highest BCUT2D eigenvalue weighted by molar-refractivity contribution is 7.11. The van der Waals surface area contributed by atoms with E-state index in [0.29, 0.717) is 6.54 Å². The lowest BCUT2D eigenvalue weighted by atomic mass is 10.2. The first kappa shape index (κ1) is 16.5. The average molecular weight is 343 g/mol. The van der Waals surface area contributed by atoms with Crippen molar-refractivity contribution in [2.24, 2.45) is 0 Å². The molecule has 0 aliphatic rings. The maximum absolute atomic E-state index is 12.1. The quantitative estimate of drug-likeness (QED) is 0.730. The molecule has 0 bridgehead atoms. The Morgan fingerprint density at radius 3 is 2.79 bits per heavy atom.